The molecule has 0 saturated carbocycles. The molecule has 0 spiro atoms. The first-order valence-corrected chi connectivity index (χ1v) is 10.6. The molecule has 1 N–H and O–H groups in total. The summed E-state index contributed by atoms with van der Waals surface area (Å²) < 4.78 is 0. The van der Waals surface area contributed by atoms with Gasteiger partial charge in [0.1, 0.15) is 6.54 Å². The minimum absolute atomic E-state index is 0.103. The Balaban J connectivity index is 1.77. The maximum Gasteiger partial charge on any atom is 0.323 e. The molecule has 1 rings (SSSR count). The molecule has 0 aromatic heterocycles. The SMILES string of the molecule is CCCCCCCCCCCCCCCCN1C=CN(CC(=O)O)C1. The molecular formula is C21H40N2O2. The smallest absolute Gasteiger partial charge is 0.323 e. The predicted octanol–water partition coefficient (Wildman–Crippen LogP) is 5.60. The fourth-order valence-corrected chi connectivity index (χ4v) is 3.45. The number of carbonyl (C=O) groups is 1. The summed E-state index contributed by atoms with van der Waals surface area (Å²) in [6, 6.07) is 0. The monoisotopic (exact) mass is 352 g/mol. The van der Waals surface area contributed by atoms with Crippen LogP contribution in [0.5, 0.6) is 0 Å². The second-order valence-corrected chi connectivity index (χ2v) is 7.49. The van der Waals surface area contributed by atoms with Crippen molar-refractivity contribution < 1.29 is 9.90 Å². The molecule has 0 fully saturated rings. The van der Waals surface area contributed by atoms with Gasteiger partial charge in [-0.2, -0.15) is 0 Å². The highest BCUT2D eigenvalue weighted by molar-refractivity contribution is 5.69. The van der Waals surface area contributed by atoms with E-state index in [0.29, 0.717) is 0 Å². The van der Waals surface area contributed by atoms with Crippen LogP contribution in [0.25, 0.3) is 0 Å². The van der Waals surface area contributed by atoms with Gasteiger partial charge in [-0.1, -0.05) is 90.4 Å². The second kappa shape index (κ2) is 15.1. The van der Waals surface area contributed by atoms with Crippen LogP contribution in [0.2, 0.25) is 0 Å². The number of hydrogen-bond acceptors (Lipinski definition) is 3. The first-order chi connectivity index (χ1) is 12.2. The van der Waals surface area contributed by atoms with Gasteiger partial charge in [-0.25, -0.2) is 0 Å². The molecule has 0 bridgehead atoms. The summed E-state index contributed by atoms with van der Waals surface area (Å²) in [7, 11) is 0. The molecule has 0 atom stereocenters. The Labute approximate surface area is 155 Å². The van der Waals surface area contributed by atoms with E-state index >= 15 is 0 Å². The number of nitrogens with zero attached hydrogens (tertiary/aromatic N) is 2. The van der Waals surface area contributed by atoms with E-state index < -0.39 is 5.97 Å². The van der Waals surface area contributed by atoms with Gasteiger partial charge >= 0.3 is 5.97 Å². The predicted molar refractivity (Wildman–Crippen MR) is 105 cm³/mol. The molecule has 0 aliphatic carbocycles. The molecular weight excluding hydrogens is 312 g/mol. The van der Waals surface area contributed by atoms with Crippen molar-refractivity contribution in [3.05, 3.63) is 12.4 Å². The van der Waals surface area contributed by atoms with Crippen LogP contribution in [0.4, 0.5) is 0 Å². The van der Waals surface area contributed by atoms with Gasteiger partial charge < -0.3 is 14.9 Å². The van der Waals surface area contributed by atoms with E-state index in [2.05, 4.69) is 11.8 Å². The van der Waals surface area contributed by atoms with Crippen LogP contribution in [-0.2, 0) is 4.79 Å². The van der Waals surface area contributed by atoms with Gasteiger partial charge in [0, 0.05) is 18.9 Å². The zero-order valence-corrected chi connectivity index (χ0v) is 16.4. The molecule has 1 heterocycles. The molecule has 0 saturated heterocycles. The molecule has 0 radical (unpaired) electrons. The quantitative estimate of drug-likeness (QED) is 0.346. The highest BCUT2D eigenvalue weighted by Crippen LogP contribution is 2.13. The number of hydrogen-bond donors (Lipinski definition) is 1. The number of rotatable bonds is 17. The van der Waals surface area contributed by atoms with Gasteiger partial charge in [-0.15, -0.1) is 0 Å². The van der Waals surface area contributed by atoms with E-state index in [1.165, 1.54) is 89.9 Å². The van der Waals surface area contributed by atoms with Crippen LogP contribution in [0.3, 0.4) is 0 Å². The van der Waals surface area contributed by atoms with E-state index in [9.17, 15) is 4.79 Å². The van der Waals surface area contributed by atoms with Crippen molar-refractivity contribution in [1.29, 1.82) is 0 Å². The lowest BCUT2D eigenvalue weighted by Gasteiger charge is -2.19. The molecule has 0 amide bonds. The molecule has 25 heavy (non-hydrogen) atoms. The average Bonchev–Trinajstić information content (AvgIpc) is 3.01. The Morgan fingerprint density at radius 3 is 1.68 bits per heavy atom. The Morgan fingerprint density at radius 2 is 1.20 bits per heavy atom. The summed E-state index contributed by atoms with van der Waals surface area (Å²) in [4.78, 5) is 14.7. The lowest BCUT2D eigenvalue weighted by molar-refractivity contribution is -0.137. The lowest BCUT2D eigenvalue weighted by atomic mass is 10.0. The third-order valence-corrected chi connectivity index (χ3v) is 4.99. The van der Waals surface area contributed by atoms with Crippen molar-refractivity contribution >= 4 is 5.97 Å². The van der Waals surface area contributed by atoms with Crippen LogP contribution < -0.4 is 0 Å². The minimum atomic E-state index is -0.761. The van der Waals surface area contributed by atoms with E-state index in [-0.39, 0.29) is 6.54 Å². The lowest BCUT2D eigenvalue weighted by Crippen LogP contribution is -2.29. The van der Waals surface area contributed by atoms with Crippen LogP contribution in [0.15, 0.2) is 12.4 Å². The number of unbranched alkanes of at least 4 members (excludes halogenated alkanes) is 13. The maximum atomic E-state index is 10.7. The van der Waals surface area contributed by atoms with E-state index in [1.54, 1.807) is 0 Å². The van der Waals surface area contributed by atoms with E-state index in [0.717, 1.165) is 13.2 Å². The third kappa shape index (κ3) is 12.8. The molecule has 4 heteroatoms. The van der Waals surface area contributed by atoms with E-state index in [4.69, 9.17) is 5.11 Å². The summed E-state index contributed by atoms with van der Waals surface area (Å²) in [5.74, 6) is -0.761. The molecule has 0 unspecified atom stereocenters. The average molecular weight is 353 g/mol. The third-order valence-electron chi connectivity index (χ3n) is 4.99. The summed E-state index contributed by atoms with van der Waals surface area (Å²) in [5.41, 5.74) is 0. The Kier molecular flexibility index (Phi) is 13.2. The van der Waals surface area contributed by atoms with Gasteiger partial charge in [0.15, 0.2) is 0 Å². The first-order valence-electron chi connectivity index (χ1n) is 10.6. The zero-order chi connectivity index (χ0) is 18.2. The van der Waals surface area contributed by atoms with Crippen molar-refractivity contribution in [3.8, 4) is 0 Å². The highest BCUT2D eigenvalue weighted by atomic mass is 16.4. The van der Waals surface area contributed by atoms with Gasteiger partial charge in [0.05, 0.1) is 6.67 Å². The normalized spacial score (nSPS) is 13.8. The Morgan fingerprint density at radius 1 is 0.760 bits per heavy atom. The van der Waals surface area contributed by atoms with Crippen LogP contribution in [0, 0.1) is 0 Å². The van der Waals surface area contributed by atoms with Gasteiger partial charge in [0.2, 0.25) is 0 Å². The molecule has 146 valence electrons. The molecule has 0 aromatic carbocycles. The zero-order valence-electron chi connectivity index (χ0n) is 16.4. The Hall–Kier alpha value is -1.19. The standard InChI is InChI=1S/C21H40N2O2/c1-2-3-4-5-6-7-8-9-10-11-12-13-14-15-16-22-17-18-23(20-22)19-21(24)25/h17-18H,2-16,19-20H2,1H3,(H,24,25). The number of carboxylic acid groups (broad SMARTS) is 1. The largest absolute Gasteiger partial charge is 0.480 e. The van der Waals surface area contributed by atoms with Crippen LogP contribution >= 0.6 is 0 Å². The fourth-order valence-electron chi connectivity index (χ4n) is 3.45. The number of carboxylic acids is 1. The molecule has 1 aliphatic heterocycles. The minimum Gasteiger partial charge on any atom is -0.480 e. The van der Waals surface area contributed by atoms with Crippen LogP contribution in [-0.4, -0.2) is 40.6 Å². The maximum absolute atomic E-state index is 10.7. The summed E-state index contributed by atoms with van der Waals surface area (Å²) in [6.45, 7) is 4.15. The molecule has 1 aliphatic rings. The van der Waals surface area contributed by atoms with Gasteiger partial charge in [-0.3, -0.25) is 4.79 Å². The van der Waals surface area contributed by atoms with Crippen LogP contribution in [0.1, 0.15) is 96.8 Å². The van der Waals surface area contributed by atoms with Crippen molar-refractivity contribution in [3.63, 3.8) is 0 Å². The van der Waals surface area contributed by atoms with Crippen molar-refractivity contribution in [2.75, 3.05) is 19.8 Å². The van der Waals surface area contributed by atoms with Gasteiger partial charge in [0.25, 0.3) is 0 Å². The summed E-state index contributed by atoms with van der Waals surface area (Å²) >= 11 is 0. The molecule has 4 nitrogen and oxygen atoms in total. The van der Waals surface area contributed by atoms with Gasteiger partial charge in [-0.05, 0) is 6.42 Å². The topological polar surface area (TPSA) is 43.8 Å². The van der Waals surface area contributed by atoms with Crippen molar-refractivity contribution in [2.45, 2.75) is 96.8 Å². The van der Waals surface area contributed by atoms with E-state index in [1.807, 2.05) is 17.3 Å². The Bertz CT molecular complexity index is 358. The second-order valence-electron chi connectivity index (χ2n) is 7.49. The summed E-state index contributed by atoms with van der Waals surface area (Å²) in [5, 5.41) is 8.77. The number of aliphatic carboxylic acids is 1. The highest BCUT2D eigenvalue weighted by Gasteiger charge is 2.13. The molecule has 0 aromatic rings. The van der Waals surface area contributed by atoms with Crippen molar-refractivity contribution in [2.24, 2.45) is 0 Å². The first kappa shape index (κ1) is 21.9. The fraction of sp³-hybridized carbons (Fsp3) is 0.857. The summed E-state index contributed by atoms with van der Waals surface area (Å²) in [6.07, 6.45) is 23.3. The van der Waals surface area contributed by atoms with Crippen molar-refractivity contribution in [1.82, 2.24) is 9.80 Å².